The lowest BCUT2D eigenvalue weighted by Crippen LogP contribution is -2.14. The second kappa shape index (κ2) is 7.42. The third kappa shape index (κ3) is 4.40. The Balaban J connectivity index is 1.63. The predicted octanol–water partition coefficient (Wildman–Crippen LogP) is 4.55. The van der Waals surface area contributed by atoms with Crippen LogP contribution in [0.1, 0.15) is 5.56 Å². The zero-order chi connectivity index (χ0) is 17.8. The Morgan fingerprint density at radius 1 is 1.16 bits per heavy atom. The molecule has 0 fully saturated rings. The predicted molar refractivity (Wildman–Crippen MR) is 98.0 cm³/mol. The summed E-state index contributed by atoms with van der Waals surface area (Å²) in [5.74, 6) is -0.231. The largest absolute Gasteiger partial charge is 0.302 e. The summed E-state index contributed by atoms with van der Waals surface area (Å²) in [5, 5.41) is 16.4. The molecule has 3 rings (SSSR count). The minimum absolute atomic E-state index is 0.00307. The van der Waals surface area contributed by atoms with Crippen molar-refractivity contribution in [2.45, 2.75) is 6.42 Å². The summed E-state index contributed by atoms with van der Waals surface area (Å²) in [7, 11) is 0. The molecule has 1 N–H and O–H groups in total. The van der Waals surface area contributed by atoms with Gasteiger partial charge in [-0.1, -0.05) is 35.9 Å². The Morgan fingerprint density at radius 2 is 1.84 bits per heavy atom. The molecular formula is C17H12ClN3O3S. The molecule has 3 aromatic rings. The average molecular weight is 374 g/mol. The molecule has 1 amide bonds. The van der Waals surface area contributed by atoms with E-state index in [2.05, 4.69) is 10.3 Å². The van der Waals surface area contributed by atoms with E-state index < -0.39 is 4.92 Å². The van der Waals surface area contributed by atoms with E-state index in [0.29, 0.717) is 15.7 Å². The van der Waals surface area contributed by atoms with Gasteiger partial charge in [0.1, 0.15) is 0 Å². The summed E-state index contributed by atoms with van der Waals surface area (Å²) >= 11 is 7.19. The number of halogens is 1. The van der Waals surface area contributed by atoms with Crippen LogP contribution in [0.5, 0.6) is 0 Å². The Hall–Kier alpha value is -2.77. The molecule has 0 bridgehead atoms. The average Bonchev–Trinajstić information content (AvgIpc) is 3.04. The van der Waals surface area contributed by atoms with E-state index in [9.17, 15) is 14.9 Å². The molecule has 0 saturated carbocycles. The molecular weight excluding hydrogens is 362 g/mol. The van der Waals surface area contributed by atoms with Crippen LogP contribution in [0, 0.1) is 10.1 Å². The molecule has 0 aliphatic heterocycles. The number of aromatic nitrogens is 1. The number of thiazole rings is 1. The van der Waals surface area contributed by atoms with Gasteiger partial charge in [-0.15, -0.1) is 11.3 Å². The van der Waals surface area contributed by atoms with Crippen LogP contribution in [-0.2, 0) is 11.2 Å². The first-order valence-electron chi connectivity index (χ1n) is 7.26. The third-order valence-electron chi connectivity index (χ3n) is 3.40. The molecule has 126 valence electrons. The van der Waals surface area contributed by atoms with Crippen LogP contribution in [0.4, 0.5) is 10.8 Å². The smallest absolute Gasteiger partial charge is 0.269 e. The number of nitro benzene ring substituents is 1. The standard InChI is InChI=1S/C17H12ClN3O3S/c18-13-5-3-12(4-6-13)15-10-25-17(19-15)20-16(22)9-11-1-7-14(8-2-11)21(23)24/h1-8,10H,9H2,(H,19,20,22). The molecule has 0 unspecified atom stereocenters. The number of amides is 1. The first-order chi connectivity index (χ1) is 12.0. The van der Waals surface area contributed by atoms with Crippen LogP contribution in [-0.4, -0.2) is 15.8 Å². The van der Waals surface area contributed by atoms with Crippen molar-refractivity contribution in [3.8, 4) is 11.3 Å². The summed E-state index contributed by atoms with van der Waals surface area (Å²) < 4.78 is 0. The second-order valence-corrected chi connectivity index (χ2v) is 6.49. The van der Waals surface area contributed by atoms with Gasteiger partial charge in [0.15, 0.2) is 5.13 Å². The van der Waals surface area contributed by atoms with E-state index >= 15 is 0 Å². The highest BCUT2D eigenvalue weighted by Gasteiger charge is 2.10. The van der Waals surface area contributed by atoms with E-state index in [1.807, 2.05) is 17.5 Å². The van der Waals surface area contributed by atoms with Crippen LogP contribution in [0.25, 0.3) is 11.3 Å². The number of hydrogen-bond donors (Lipinski definition) is 1. The minimum Gasteiger partial charge on any atom is -0.302 e. The molecule has 0 radical (unpaired) electrons. The normalized spacial score (nSPS) is 10.4. The van der Waals surface area contributed by atoms with Gasteiger partial charge in [-0.05, 0) is 17.7 Å². The van der Waals surface area contributed by atoms with E-state index in [0.717, 1.165) is 11.3 Å². The lowest BCUT2D eigenvalue weighted by molar-refractivity contribution is -0.384. The Morgan fingerprint density at radius 3 is 2.48 bits per heavy atom. The molecule has 6 nitrogen and oxygen atoms in total. The number of non-ortho nitro benzene ring substituents is 1. The van der Waals surface area contributed by atoms with Gasteiger partial charge in [0.25, 0.3) is 5.69 Å². The highest BCUT2D eigenvalue weighted by molar-refractivity contribution is 7.14. The van der Waals surface area contributed by atoms with E-state index in [-0.39, 0.29) is 18.0 Å². The molecule has 0 aliphatic carbocycles. The number of carbonyl (C=O) groups is 1. The zero-order valence-electron chi connectivity index (χ0n) is 12.8. The molecule has 1 heterocycles. The second-order valence-electron chi connectivity index (χ2n) is 5.19. The topological polar surface area (TPSA) is 85.1 Å². The summed E-state index contributed by atoms with van der Waals surface area (Å²) in [5.41, 5.74) is 2.36. The van der Waals surface area contributed by atoms with Gasteiger partial charge in [0, 0.05) is 28.1 Å². The molecule has 1 aromatic heterocycles. The van der Waals surface area contributed by atoms with Crippen molar-refractivity contribution in [3.05, 3.63) is 74.6 Å². The van der Waals surface area contributed by atoms with Gasteiger partial charge in [-0.25, -0.2) is 4.98 Å². The monoisotopic (exact) mass is 373 g/mol. The maximum atomic E-state index is 12.1. The molecule has 25 heavy (non-hydrogen) atoms. The van der Waals surface area contributed by atoms with Crippen LogP contribution in [0.15, 0.2) is 53.9 Å². The number of nitrogens with one attached hydrogen (secondary N) is 1. The summed E-state index contributed by atoms with van der Waals surface area (Å²) in [6.45, 7) is 0. The van der Waals surface area contributed by atoms with Crippen LogP contribution in [0.3, 0.4) is 0 Å². The van der Waals surface area contributed by atoms with Crippen molar-refractivity contribution in [1.29, 1.82) is 0 Å². The van der Waals surface area contributed by atoms with Gasteiger partial charge in [-0.3, -0.25) is 14.9 Å². The van der Waals surface area contributed by atoms with Crippen molar-refractivity contribution in [1.82, 2.24) is 4.98 Å². The highest BCUT2D eigenvalue weighted by Crippen LogP contribution is 2.26. The Kier molecular flexibility index (Phi) is 5.06. The van der Waals surface area contributed by atoms with Crippen LogP contribution >= 0.6 is 22.9 Å². The summed E-state index contributed by atoms with van der Waals surface area (Å²) in [4.78, 5) is 26.6. The molecule has 0 spiro atoms. The SMILES string of the molecule is O=C(Cc1ccc([N+](=O)[O-])cc1)Nc1nc(-c2ccc(Cl)cc2)cs1. The molecule has 0 saturated heterocycles. The van der Waals surface area contributed by atoms with Crippen molar-refractivity contribution < 1.29 is 9.72 Å². The number of anilines is 1. The maximum absolute atomic E-state index is 12.1. The lowest BCUT2D eigenvalue weighted by Gasteiger charge is -2.02. The zero-order valence-corrected chi connectivity index (χ0v) is 14.4. The fourth-order valence-electron chi connectivity index (χ4n) is 2.17. The van der Waals surface area contributed by atoms with E-state index in [1.165, 1.54) is 23.5 Å². The summed E-state index contributed by atoms with van der Waals surface area (Å²) in [6.07, 6.45) is 0.119. The number of nitrogens with zero attached hydrogens (tertiary/aromatic N) is 2. The fraction of sp³-hybridized carbons (Fsp3) is 0.0588. The first-order valence-corrected chi connectivity index (χ1v) is 8.52. The van der Waals surface area contributed by atoms with Crippen LogP contribution < -0.4 is 5.32 Å². The highest BCUT2D eigenvalue weighted by atomic mass is 35.5. The number of carbonyl (C=O) groups excluding carboxylic acids is 1. The number of hydrogen-bond acceptors (Lipinski definition) is 5. The Labute approximate surface area is 152 Å². The van der Waals surface area contributed by atoms with E-state index in [1.54, 1.807) is 24.3 Å². The quantitative estimate of drug-likeness (QED) is 0.525. The maximum Gasteiger partial charge on any atom is 0.269 e. The van der Waals surface area contributed by atoms with Gasteiger partial charge >= 0.3 is 0 Å². The van der Waals surface area contributed by atoms with Gasteiger partial charge < -0.3 is 5.32 Å². The minimum atomic E-state index is -0.474. The molecule has 0 atom stereocenters. The van der Waals surface area contributed by atoms with Crippen molar-refractivity contribution in [2.24, 2.45) is 0 Å². The molecule has 2 aromatic carbocycles. The van der Waals surface area contributed by atoms with Gasteiger partial charge in [-0.2, -0.15) is 0 Å². The van der Waals surface area contributed by atoms with Crippen molar-refractivity contribution in [3.63, 3.8) is 0 Å². The van der Waals surface area contributed by atoms with Crippen molar-refractivity contribution >= 4 is 39.7 Å². The molecule has 0 aliphatic rings. The third-order valence-corrected chi connectivity index (χ3v) is 4.41. The van der Waals surface area contributed by atoms with E-state index in [4.69, 9.17) is 11.6 Å². The molecule has 8 heteroatoms. The fourth-order valence-corrected chi connectivity index (χ4v) is 3.03. The van der Waals surface area contributed by atoms with Gasteiger partial charge in [0.05, 0.1) is 17.0 Å². The summed E-state index contributed by atoms with van der Waals surface area (Å²) in [6, 6.07) is 13.2. The Bertz CT molecular complexity index is 908. The lowest BCUT2D eigenvalue weighted by atomic mass is 10.1. The number of rotatable bonds is 5. The van der Waals surface area contributed by atoms with Crippen molar-refractivity contribution in [2.75, 3.05) is 5.32 Å². The van der Waals surface area contributed by atoms with Gasteiger partial charge in [0.2, 0.25) is 5.91 Å². The number of benzene rings is 2. The first kappa shape index (κ1) is 17.1. The van der Waals surface area contributed by atoms with Crippen LogP contribution in [0.2, 0.25) is 5.02 Å². The number of nitro groups is 1.